The van der Waals surface area contributed by atoms with Gasteiger partial charge in [0.05, 0.1) is 13.1 Å². The zero-order valence-electron chi connectivity index (χ0n) is 7.64. The molecule has 13 heavy (non-hydrogen) atoms. The third kappa shape index (κ3) is 18.3. The van der Waals surface area contributed by atoms with Gasteiger partial charge in [0.25, 0.3) is 0 Å². The first-order chi connectivity index (χ1) is 5.72. The van der Waals surface area contributed by atoms with Crippen molar-refractivity contribution in [3.63, 3.8) is 0 Å². The van der Waals surface area contributed by atoms with Gasteiger partial charge >= 0.3 is 16.4 Å². The summed E-state index contributed by atoms with van der Waals surface area (Å²) in [6.45, 7) is 5.81. The lowest BCUT2D eigenvalue weighted by Gasteiger charge is -1.99. The van der Waals surface area contributed by atoms with E-state index < -0.39 is 10.4 Å². The minimum atomic E-state index is -4.67. The third-order valence-electron chi connectivity index (χ3n) is 1.13. The van der Waals surface area contributed by atoms with E-state index in [1.165, 1.54) is 0 Å². The molecular weight excluding hydrogens is 198 g/mol. The van der Waals surface area contributed by atoms with Crippen LogP contribution in [0.1, 0.15) is 13.8 Å². The van der Waals surface area contributed by atoms with Crippen LogP contribution >= 0.6 is 0 Å². The monoisotopic (exact) mass is 214 g/mol. The Kier molecular flexibility index (Phi) is 7.48. The number of hydrogen-bond acceptors (Lipinski definition) is 2. The maximum atomic E-state index is 8.74. The Balaban J connectivity index is 0. The van der Waals surface area contributed by atoms with Crippen LogP contribution in [0.4, 0.5) is 0 Å². The molecule has 7 nitrogen and oxygen atoms in total. The molecule has 0 spiro atoms. The van der Waals surface area contributed by atoms with Crippen molar-refractivity contribution >= 4 is 16.4 Å². The molecule has 0 aromatic rings. The van der Waals surface area contributed by atoms with Gasteiger partial charge in [-0.2, -0.15) is 8.42 Å². The molecule has 0 aliphatic heterocycles. The van der Waals surface area contributed by atoms with Crippen LogP contribution in [-0.2, 0) is 10.4 Å². The molecule has 0 bridgehead atoms. The predicted molar refractivity (Wildman–Crippen MR) is 48.9 cm³/mol. The average molecular weight is 214 g/mol. The van der Waals surface area contributed by atoms with Crippen LogP contribution in [0.25, 0.3) is 0 Å². The van der Waals surface area contributed by atoms with Gasteiger partial charge in [0.1, 0.15) is 0 Å². The van der Waals surface area contributed by atoms with Crippen LogP contribution in [0, 0.1) is 0 Å². The molecule has 0 radical (unpaired) electrons. The van der Waals surface area contributed by atoms with Crippen LogP contribution in [0.3, 0.4) is 0 Å². The summed E-state index contributed by atoms with van der Waals surface area (Å²) in [4.78, 5) is 0. The highest BCUT2D eigenvalue weighted by Crippen LogP contribution is 1.69. The SMILES string of the molecule is CC[N+](CC)=C(N)N.O=S(=O)(O)O. The van der Waals surface area contributed by atoms with Gasteiger partial charge in [-0.3, -0.25) is 25.1 Å². The maximum absolute atomic E-state index is 8.74. The molecule has 0 heterocycles. The van der Waals surface area contributed by atoms with Gasteiger partial charge in [0, 0.05) is 0 Å². The Hall–Kier alpha value is -0.860. The second-order valence-corrected chi connectivity index (χ2v) is 2.94. The minimum absolute atomic E-state index is 0.412. The van der Waals surface area contributed by atoms with E-state index in [0.717, 1.165) is 13.1 Å². The Labute approximate surface area is 77.6 Å². The first-order valence-corrected chi connectivity index (χ1v) is 4.94. The third-order valence-corrected chi connectivity index (χ3v) is 1.13. The van der Waals surface area contributed by atoms with Gasteiger partial charge in [0.15, 0.2) is 0 Å². The summed E-state index contributed by atoms with van der Waals surface area (Å²) in [5.74, 6) is 0.412. The second kappa shape index (κ2) is 6.63. The van der Waals surface area contributed by atoms with Crippen molar-refractivity contribution < 1.29 is 22.1 Å². The number of hydrogen-bond donors (Lipinski definition) is 4. The van der Waals surface area contributed by atoms with Crippen molar-refractivity contribution in [1.82, 2.24) is 0 Å². The molecule has 6 N–H and O–H groups in total. The maximum Gasteiger partial charge on any atom is 0.394 e. The van der Waals surface area contributed by atoms with Gasteiger partial charge in [0.2, 0.25) is 0 Å². The first-order valence-electron chi connectivity index (χ1n) is 3.55. The summed E-state index contributed by atoms with van der Waals surface area (Å²) in [5, 5.41) is 0. The molecule has 0 fully saturated rings. The van der Waals surface area contributed by atoms with Crippen molar-refractivity contribution in [2.45, 2.75) is 13.8 Å². The lowest BCUT2D eigenvalue weighted by atomic mass is 10.6. The van der Waals surface area contributed by atoms with Crippen LogP contribution in [0.5, 0.6) is 0 Å². The van der Waals surface area contributed by atoms with E-state index in [2.05, 4.69) is 0 Å². The summed E-state index contributed by atoms with van der Waals surface area (Å²) in [6, 6.07) is 0. The van der Waals surface area contributed by atoms with E-state index in [4.69, 9.17) is 29.0 Å². The summed E-state index contributed by atoms with van der Waals surface area (Å²) in [5.41, 5.74) is 10.6. The Morgan fingerprint density at radius 3 is 1.46 bits per heavy atom. The molecule has 0 aliphatic rings. The Morgan fingerprint density at radius 2 is 1.46 bits per heavy atom. The molecule has 0 amide bonds. The summed E-state index contributed by atoms with van der Waals surface area (Å²) in [6.07, 6.45) is 0. The average Bonchev–Trinajstić information content (AvgIpc) is 1.85. The Morgan fingerprint density at radius 1 is 1.23 bits per heavy atom. The van der Waals surface area contributed by atoms with Gasteiger partial charge < -0.3 is 0 Å². The fraction of sp³-hybridized carbons (Fsp3) is 0.800. The molecule has 0 aliphatic carbocycles. The van der Waals surface area contributed by atoms with Gasteiger partial charge in [-0.1, -0.05) is 0 Å². The first kappa shape index (κ1) is 14.7. The van der Waals surface area contributed by atoms with Crippen molar-refractivity contribution in [2.75, 3.05) is 13.1 Å². The number of rotatable bonds is 2. The van der Waals surface area contributed by atoms with Gasteiger partial charge in [-0.15, -0.1) is 0 Å². The van der Waals surface area contributed by atoms with Gasteiger partial charge in [-0.05, 0) is 13.8 Å². The minimum Gasteiger partial charge on any atom is -0.291 e. The van der Waals surface area contributed by atoms with E-state index in [1.54, 1.807) is 0 Å². The fourth-order valence-corrected chi connectivity index (χ4v) is 0.589. The van der Waals surface area contributed by atoms with E-state index >= 15 is 0 Å². The lowest BCUT2D eigenvalue weighted by molar-refractivity contribution is -0.522. The molecule has 0 saturated carbocycles. The van der Waals surface area contributed by atoms with Crippen molar-refractivity contribution in [3.05, 3.63) is 0 Å². The largest absolute Gasteiger partial charge is 0.394 e. The van der Waals surface area contributed by atoms with Crippen LogP contribution < -0.4 is 11.5 Å². The normalized spacial score (nSPS) is 9.85. The predicted octanol–water partition coefficient (Wildman–Crippen LogP) is -1.34. The van der Waals surface area contributed by atoms with Crippen LogP contribution in [0.15, 0.2) is 0 Å². The number of nitrogens with zero attached hydrogens (tertiary/aromatic N) is 1. The zero-order valence-corrected chi connectivity index (χ0v) is 8.45. The molecule has 0 aromatic carbocycles. The molecular formula is C5H16N3O4S+. The number of guanidine groups is 1. The summed E-state index contributed by atoms with van der Waals surface area (Å²) < 4.78 is 33.5. The molecule has 80 valence electrons. The topological polar surface area (TPSA) is 130 Å². The lowest BCUT2D eigenvalue weighted by Crippen LogP contribution is -2.35. The van der Waals surface area contributed by atoms with E-state index in [9.17, 15) is 0 Å². The number of nitrogens with two attached hydrogens (primary N) is 2. The molecule has 0 aromatic heterocycles. The molecule has 8 heteroatoms. The zero-order chi connectivity index (χ0) is 11.1. The highest BCUT2D eigenvalue weighted by Gasteiger charge is 1.94. The summed E-state index contributed by atoms with van der Waals surface area (Å²) in [7, 11) is -4.67. The molecule has 0 unspecified atom stereocenters. The van der Waals surface area contributed by atoms with Gasteiger partial charge in [-0.25, -0.2) is 0 Å². The van der Waals surface area contributed by atoms with E-state index in [-0.39, 0.29) is 0 Å². The van der Waals surface area contributed by atoms with Crippen molar-refractivity contribution in [1.29, 1.82) is 0 Å². The van der Waals surface area contributed by atoms with Crippen LogP contribution in [-0.4, -0.2) is 41.1 Å². The smallest absolute Gasteiger partial charge is 0.291 e. The molecule has 0 saturated heterocycles. The fourth-order valence-electron chi connectivity index (χ4n) is 0.589. The second-order valence-electron chi connectivity index (χ2n) is 2.04. The van der Waals surface area contributed by atoms with Crippen molar-refractivity contribution in [2.24, 2.45) is 11.5 Å². The van der Waals surface area contributed by atoms with E-state index in [1.807, 2.05) is 18.4 Å². The van der Waals surface area contributed by atoms with Crippen molar-refractivity contribution in [3.8, 4) is 0 Å². The highest BCUT2D eigenvalue weighted by atomic mass is 32.3. The van der Waals surface area contributed by atoms with E-state index in [0.29, 0.717) is 5.96 Å². The standard InChI is InChI=1S/C5H13N3.H2O4S/c1-3-8(4-2)5(6)7;1-5(2,3)4/h3-4H2,1-2H3,(H3,6,7);(H2,1,2,3,4)/p+1. The molecule has 0 atom stereocenters. The quantitative estimate of drug-likeness (QED) is 0.195. The summed E-state index contributed by atoms with van der Waals surface area (Å²) >= 11 is 0. The highest BCUT2D eigenvalue weighted by molar-refractivity contribution is 7.79. The van der Waals surface area contributed by atoms with Crippen LogP contribution in [0.2, 0.25) is 0 Å². The molecule has 0 rings (SSSR count). The Bertz CT molecular complexity index is 241.